The molecular formula is C21H15FN4S2. The Hall–Kier alpha value is -2.74. The molecule has 0 fully saturated rings. The molecule has 0 aliphatic carbocycles. The Kier molecular flexibility index (Phi) is 4.35. The molecule has 0 amide bonds. The van der Waals surface area contributed by atoms with Gasteiger partial charge in [-0.05, 0) is 53.1 Å². The number of hydrazine groups is 1. The third-order valence-electron chi connectivity index (χ3n) is 4.76. The first kappa shape index (κ1) is 17.4. The standard InChI is InChI=1S/C21H15FN4S2/c22-14-4-1-12(2-5-14)20-16(10-25-26-20)13-3-6-17-15(9-13)21(24-11-23-17)18-7-8-19(27)28-18/h1-11,20,25-27H. The second-order valence-electron chi connectivity index (χ2n) is 6.47. The van der Waals surface area contributed by atoms with Gasteiger partial charge >= 0.3 is 0 Å². The van der Waals surface area contributed by atoms with Crippen molar-refractivity contribution >= 4 is 40.4 Å². The summed E-state index contributed by atoms with van der Waals surface area (Å²) < 4.78 is 14.3. The Balaban J connectivity index is 1.60. The van der Waals surface area contributed by atoms with Crippen molar-refractivity contribution < 1.29 is 4.39 Å². The summed E-state index contributed by atoms with van der Waals surface area (Å²) in [4.78, 5) is 9.99. The monoisotopic (exact) mass is 406 g/mol. The van der Waals surface area contributed by atoms with E-state index >= 15 is 0 Å². The molecule has 0 saturated heterocycles. The number of nitrogens with zero attached hydrogens (tertiary/aromatic N) is 2. The number of thiol groups is 1. The number of hydrogen-bond donors (Lipinski definition) is 3. The molecule has 3 heterocycles. The van der Waals surface area contributed by atoms with Crippen molar-refractivity contribution in [1.29, 1.82) is 0 Å². The second kappa shape index (κ2) is 7.01. The van der Waals surface area contributed by atoms with Crippen LogP contribution in [0.1, 0.15) is 17.2 Å². The maximum Gasteiger partial charge on any atom is 0.123 e. The number of hydrogen-bond acceptors (Lipinski definition) is 6. The highest BCUT2D eigenvalue weighted by Crippen LogP contribution is 2.36. The minimum absolute atomic E-state index is 0.0723. The predicted molar refractivity (Wildman–Crippen MR) is 113 cm³/mol. The quantitative estimate of drug-likeness (QED) is 0.420. The summed E-state index contributed by atoms with van der Waals surface area (Å²) in [5.41, 5.74) is 11.2. The molecule has 1 aliphatic heterocycles. The average molecular weight is 407 g/mol. The topological polar surface area (TPSA) is 49.8 Å². The fourth-order valence-corrected chi connectivity index (χ4v) is 4.55. The summed E-state index contributed by atoms with van der Waals surface area (Å²) in [5, 5.41) is 0.987. The van der Waals surface area contributed by atoms with Crippen LogP contribution in [0.25, 0.3) is 27.0 Å². The number of fused-ring (bicyclic) bond motifs is 1. The van der Waals surface area contributed by atoms with E-state index in [1.165, 1.54) is 12.1 Å². The SMILES string of the molecule is Fc1ccc(C2NNC=C2c2ccc3ncnc(-c4ccc(S)s4)c3c2)cc1. The van der Waals surface area contributed by atoms with Gasteiger partial charge in [-0.1, -0.05) is 18.2 Å². The molecular weight excluding hydrogens is 391 g/mol. The van der Waals surface area contributed by atoms with E-state index in [0.29, 0.717) is 0 Å². The van der Waals surface area contributed by atoms with Gasteiger partial charge in [0.25, 0.3) is 0 Å². The van der Waals surface area contributed by atoms with Gasteiger partial charge < -0.3 is 5.43 Å². The van der Waals surface area contributed by atoms with Crippen LogP contribution in [0, 0.1) is 5.82 Å². The van der Waals surface area contributed by atoms with Gasteiger partial charge in [0, 0.05) is 11.6 Å². The van der Waals surface area contributed by atoms with Crippen molar-refractivity contribution in [2.45, 2.75) is 10.3 Å². The normalized spacial score (nSPS) is 16.2. The number of rotatable bonds is 3. The van der Waals surface area contributed by atoms with Gasteiger partial charge in [0.2, 0.25) is 0 Å². The van der Waals surface area contributed by atoms with Crippen LogP contribution in [0.5, 0.6) is 0 Å². The van der Waals surface area contributed by atoms with Gasteiger partial charge in [-0.15, -0.1) is 24.0 Å². The first-order chi connectivity index (χ1) is 13.7. The summed E-state index contributed by atoms with van der Waals surface area (Å²) >= 11 is 6.01. The van der Waals surface area contributed by atoms with E-state index in [0.717, 1.165) is 42.4 Å². The second-order valence-corrected chi connectivity index (χ2v) is 8.33. The smallest absolute Gasteiger partial charge is 0.123 e. The van der Waals surface area contributed by atoms with Gasteiger partial charge in [0.05, 0.1) is 26.3 Å². The molecule has 1 aliphatic rings. The highest BCUT2D eigenvalue weighted by Gasteiger charge is 2.23. The van der Waals surface area contributed by atoms with E-state index < -0.39 is 0 Å². The number of halogens is 1. The summed E-state index contributed by atoms with van der Waals surface area (Å²) in [7, 11) is 0. The van der Waals surface area contributed by atoms with Crippen molar-refractivity contribution in [3.8, 4) is 10.6 Å². The Morgan fingerprint density at radius 3 is 2.64 bits per heavy atom. The van der Waals surface area contributed by atoms with Crippen molar-refractivity contribution in [3.05, 3.63) is 84.1 Å². The Morgan fingerprint density at radius 2 is 1.86 bits per heavy atom. The molecule has 7 heteroatoms. The third-order valence-corrected chi connectivity index (χ3v) is 6.08. The van der Waals surface area contributed by atoms with Crippen LogP contribution in [-0.2, 0) is 0 Å². The molecule has 2 aromatic heterocycles. The van der Waals surface area contributed by atoms with E-state index in [4.69, 9.17) is 0 Å². The van der Waals surface area contributed by atoms with Crippen LogP contribution >= 0.6 is 24.0 Å². The van der Waals surface area contributed by atoms with Gasteiger partial charge in [-0.2, -0.15) is 0 Å². The predicted octanol–water partition coefficient (Wildman–Crippen LogP) is 4.98. The van der Waals surface area contributed by atoms with Gasteiger partial charge in [0.15, 0.2) is 0 Å². The molecule has 4 nitrogen and oxygen atoms in total. The molecule has 2 aromatic carbocycles. The number of thiophene rings is 1. The molecule has 4 aromatic rings. The van der Waals surface area contributed by atoms with Crippen LogP contribution < -0.4 is 10.9 Å². The summed E-state index contributed by atoms with van der Waals surface area (Å²) in [5.74, 6) is -0.243. The van der Waals surface area contributed by atoms with E-state index in [2.05, 4.69) is 45.6 Å². The van der Waals surface area contributed by atoms with Gasteiger partial charge in [0.1, 0.15) is 12.1 Å². The minimum Gasteiger partial charge on any atom is -0.328 e. The zero-order chi connectivity index (χ0) is 19.1. The molecule has 0 bridgehead atoms. The van der Waals surface area contributed by atoms with Crippen LogP contribution in [-0.4, -0.2) is 9.97 Å². The molecule has 28 heavy (non-hydrogen) atoms. The lowest BCUT2D eigenvalue weighted by atomic mass is 9.93. The van der Waals surface area contributed by atoms with Crippen LogP contribution in [0.3, 0.4) is 0 Å². The summed E-state index contributed by atoms with van der Waals surface area (Å²) in [6.45, 7) is 0. The van der Waals surface area contributed by atoms with E-state index in [-0.39, 0.29) is 11.9 Å². The van der Waals surface area contributed by atoms with Crippen LogP contribution in [0.2, 0.25) is 0 Å². The van der Waals surface area contributed by atoms with Crippen LogP contribution in [0.15, 0.2) is 71.3 Å². The lowest BCUT2D eigenvalue weighted by molar-refractivity contribution is 0.607. The molecule has 0 radical (unpaired) electrons. The summed E-state index contributed by atoms with van der Waals surface area (Å²) in [6.07, 6.45) is 3.53. The fraction of sp³-hybridized carbons (Fsp3) is 0.0476. The zero-order valence-corrected chi connectivity index (χ0v) is 16.3. The molecule has 1 atom stereocenters. The average Bonchev–Trinajstić information content (AvgIpc) is 3.37. The lowest BCUT2D eigenvalue weighted by Crippen LogP contribution is -2.24. The molecule has 5 rings (SSSR count). The first-order valence-corrected chi connectivity index (χ1v) is 9.96. The zero-order valence-electron chi connectivity index (χ0n) is 14.6. The van der Waals surface area contributed by atoms with Crippen molar-refractivity contribution in [2.75, 3.05) is 0 Å². The number of nitrogens with one attached hydrogen (secondary N) is 2. The summed E-state index contributed by atoms with van der Waals surface area (Å²) in [6, 6.07) is 16.6. The molecule has 0 spiro atoms. The Bertz CT molecular complexity index is 1200. The van der Waals surface area contributed by atoms with Crippen molar-refractivity contribution in [1.82, 2.24) is 20.8 Å². The van der Waals surface area contributed by atoms with Gasteiger partial charge in [-0.3, -0.25) is 0 Å². The fourth-order valence-electron chi connectivity index (χ4n) is 3.42. The van der Waals surface area contributed by atoms with Crippen molar-refractivity contribution in [3.63, 3.8) is 0 Å². The number of benzene rings is 2. The van der Waals surface area contributed by atoms with Crippen molar-refractivity contribution in [2.24, 2.45) is 0 Å². The first-order valence-electron chi connectivity index (χ1n) is 8.70. The molecule has 1 unspecified atom stereocenters. The number of aromatic nitrogens is 2. The maximum atomic E-state index is 13.3. The lowest BCUT2D eigenvalue weighted by Gasteiger charge is -2.16. The van der Waals surface area contributed by atoms with E-state index in [1.807, 2.05) is 24.4 Å². The minimum atomic E-state index is -0.243. The van der Waals surface area contributed by atoms with Gasteiger partial charge in [-0.25, -0.2) is 19.8 Å². The largest absolute Gasteiger partial charge is 0.328 e. The Labute approximate surface area is 170 Å². The molecule has 138 valence electrons. The molecule has 2 N–H and O–H groups in total. The maximum absolute atomic E-state index is 13.3. The Morgan fingerprint density at radius 1 is 1.00 bits per heavy atom. The van der Waals surface area contributed by atoms with Crippen LogP contribution in [0.4, 0.5) is 4.39 Å². The highest BCUT2D eigenvalue weighted by molar-refractivity contribution is 7.83. The third kappa shape index (κ3) is 3.07. The van der Waals surface area contributed by atoms with E-state index in [9.17, 15) is 4.39 Å². The molecule has 0 saturated carbocycles. The van der Waals surface area contributed by atoms with E-state index in [1.54, 1.807) is 29.8 Å². The highest BCUT2D eigenvalue weighted by atomic mass is 32.2.